The maximum Gasteiger partial charge on any atom is 0.411 e. The molecule has 1 heterocycles. The zero-order chi connectivity index (χ0) is 18.4. The minimum absolute atomic E-state index is 0.226. The molecule has 0 saturated carbocycles. The minimum atomic E-state index is -0.437. The van der Waals surface area contributed by atoms with Crippen molar-refractivity contribution < 1.29 is 14.3 Å². The van der Waals surface area contributed by atoms with Crippen molar-refractivity contribution in [1.82, 2.24) is 0 Å². The largest absolute Gasteiger partial charge is 0.444 e. The molecule has 2 aromatic carbocycles. The Bertz CT molecular complexity index is 733. The number of carbonyl (C=O) groups excluding carboxylic acids is 1. The molecule has 1 amide bonds. The highest BCUT2D eigenvalue weighted by atomic mass is 16.6. The Morgan fingerprint density at radius 1 is 1.23 bits per heavy atom. The predicted octanol–water partition coefficient (Wildman–Crippen LogP) is 4.22. The van der Waals surface area contributed by atoms with Crippen molar-refractivity contribution >= 4 is 17.5 Å². The van der Waals surface area contributed by atoms with Gasteiger partial charge in [0, 0.05) is 31.6 Å². The molecular formula is C21H26N2O3. The van der Waals surface area contributed by atoms with Crippen molar-refractivity contribution in [1.29, 1.82) is 0 Å². The van der Waals surface area contributed by atoms with E-state index in [9.17, 15) is 4.79 Å². The smallest absolute Gasteiger partial charge is 0.411 e. The molecular weight excluding hydrogens is 328 g/mol. The molecule has 2 aromatic rings. The molecule has 5 heteroatoms. The van der Waals surface area contributed by atoms with Crippen LogP contribution in [0.3, 0.4) is 0 Å². The normalized spacial score (nSPS) is 14.0. The van der Waals surface area contributed by atoms with Crippen LogP contribution in [0.15, 0.2) is 48.5 Å². The van der Waals surface area contributed by atoms with Crippen molar-refractivity contribution in [2.45, 2.75) is 32.4 Å². The molecule has 3 rings (SSSR count). The molecule has 0 saturated heterocycles. The van der Waals surface area contributed by atoms with E-state index in [0.717, 1.165) is 31.6 Å². The lowest BCUT2D eigenvalue weighted by molar-refractivity contribution is 0.0444. The van der Waals surface area contributed by atoms with E-state index < -0.39 is 6.09 Å². The maximum absolute atomic E-state index is 12.1. The van der Waals surface area contributed by atoms with Gasteiger partial charge in [-0.25, -0.2) is 4.79 Å². The summed E-state index contributed by atoms with van der Waals surface area (Å²) in [7, 11) is 1.60. The summed E-state index contributed by atoms with van der Waals surface area (Å²) in [5.41, 5.74) is 4.55. The number of rotatable bonds is 7. The molecule has 26 heavy (non-hydrogen) atoms. The Morgan fingerprint density at radius 3 is 2.77 bits per heavy atom. The van der Waals surface area contributed by atoms with Crippen molar-refractivity contribution in [3.8, 4) is 0 Å². The fourth-order valence-electron chi connectivity index (χ4n) is 3.24. The first-order valence-electron chi connectivity index (χ1n) is 9.08. The van der Waals surface area contributed by atoms with Gasteiger partial charge in [-0.3, -0.25) is 5.32 Å². The fraction of sp³-hybridized carbons (Fsp3) is 0.381. The number of hydrogen-bond donors (Lipinski definition) is 1. The van der Waals surface area contributed by atoms with E-state index in [1.165, 1.54) is 16.8 Å². The van der Waals surface area contributed by atoms with Gasteiger partial charge in [0.1, 0.15) is 6.10 Å². The van der Waals surface area contributed by atoms with Crippen molar-refractivity contribution in [2.75, 3.05) is 30.5 Å². The van der Waals surface area contributed by atoms with Crippen molar-refractivity contribution in [3.05, 3.63) is 59.7 Å². The van der Waals surface area contributed by atoms with Gasteiger partial charge in [0.25, 0.3) is 0 Å². The zero-order valence-corrected chi connectivity index (χ0v) is 15.4. The minimum Gasteiger partial charge on any atom is -0.444 e. The van der Waals surface area contributed by atoms with Crippen LogP contribution in [0.2, 0.25) is 0 Å². The summed E-state index contributed by atoms with van der Waals surface area (Å²) >= 11 is 0. The van der Waals surface area contributed by atoms with Gasteiger partial charge in [0.05, 0.1) is 6.61 Å². The van der Waals surface area contributed by atoms with E-state index in [1.807, 2.05) is 25.1 Å². The van der Waals surface area contributed by atoms with E-state index in [-0.39, 0.29) is 6.10 Å². The Labute approximate surface area is 154 Å². The molecule has 0 aromatic heterocycles. The van der Waals surface area contributed by atoms with Crippen LogP contribution in [0.4, 0.5) is 16.2 Å². The molecule has 0 aliphatic carbocycles. The van der Waals surface area contributed by atoms with Crippen LogP contribution in [0.25, 0.3) is 0 Å². The third-order valence-electron chi connectivity index (χ3n) is 4.62. The lowest BCUT2D eigenvalue weighted by atomic mass is 10.1. The highest BCUT2D eigenvalue weighted by Gasteiger charge is 2.20. The number of nitrogens with one attached hydrogen (secondary N) is 1. The van der Waals surface area contributed by atoms with Gasteiger partial charge in [0.2, 0.25) is 0 Å². The topological polar surface area (TPSA) is 50.8 Å². The number of amides is 1. The Balaban J connectivity index is 1.62. The quantitative estimate of drug-likeness (QED) is 0.809. The summed E-state index contributed by atoms with van der Waals surface area (Å²) in [6.07, 6.45) is 1.04. The number of ether oxygens (including phenoxy) is 2. The monoisotopic (exact) mass is 354 g/mol. The van der Waals surface area contributed by atoms with E-state index >= 15 is 0 Å². The summed E-state index contributed by atoms with van der Waals surface area (Å²) in [6, 6.07) is 16.5. The molecule has 0 bridgehead atoms. The number of nitrogens with zero attached hydrogens (tertiary/aromatic N) is 1. The molecule has 1 N–H and O–H groups in total. The second-order valence-electron chi connectivity index (χ2n) is 6.52. The van der Waals surface area contributed by atoms with E-state index in [4.69, 9.17) is 9.47 Å². The first-order valence-corrected chi connectivity index (χ1v) is 9.08. The summed E-state index contributed by atoms with van der Waals surface area (Å²) < 4.78 is 10.4. The molecule has 0 fully saturated rings. The summed E-state index contributed by atoms with van der Waals surface area (Å²) in [5.74, 6) is 0. The Morgan fingerprint density at radius 2 is 2.04 bits per heavy atom. The van der Waals surface area contributed by atoms with Crippen LogP contribution < -0.4 is 10.2 Å². The molecule has 1 unspecified atom stereocenters. The lowest BCUT2D eigenvalue weighted by Gasteiger charge is -2.20. The van der Waals surface area contributed by atoms with Crippen LogP contribution in [0, 0.1) is 0 Å². The molecule has 1 aliphatic heterocycles. The zero-order valence-electron chi connectivity index (χ0n) is 15.4. The number of anilines is 2. The van der Waals surface area contributed by atoms with Gasteiger partial charge >= 0.3 is 6.09 Å². The second-order valence-corrected chi connectivity index (χ2v) is 6.52. The first-order chi connectivity index (χ1) is 12.7. The lowest BCUT2D eigenvalue weighted by Crippen LogP contribution is -2.25. The average molecular weight is 354 g/mol. The number of hydrogen-bond acceptors (Lipinski definition) is 4. The van der Waals surface area contributed by atoms with Gasteiger partial charge in [-0.15, -0.1) is 0 Å². The molecule has 5 nitrogen and oxygen atoms in total. The third kappa shape index (κ3) is 4.55. The Hall–Kier alpha value is -2.53. The van der Waals surface area contributed by atoms with Crippen molar-refractivity contribution in [2.24, 2.45) is 0 Å². The third-order valence-corrected chi connectivity index (χ3v) is 4.62. The van der Waals surface area contributed by atoms with Crippen LogP contribution in [-0.4, -0.2) is 32.5 Å². The molecule has 138 valence electrons. The molecule has 1 atom stereocenters. The number of fused-ring (bicyclic) bond motifs is 1. The van der Waals surface area contributed by atoms with Crippen LogP contribution in [-0.2, 0) is 22.4 Å². The SMILES string of the molecule is CCC(COC)OC(=O)Nc1ccc2c(c1)CCN2Cc1ccccc1. The van der Waals surface area contributed by atoms with Gasteiger partial charge in [-0.2, -0.15) is 0 Å². The summed E-state index contributed by atoms with van der Waals surface area (Å²) in [5, 5.41) is 2.82. The van der Waals surface area contributed by atoms with Crippen molar-refractivity contribution in [3.63, 3.8) is 0 Å². The number of methoxy groups -OCH3 is 1. The highest BCUT2D eigenvalue weighted by molar-refractivity contribution is 5.85. The van der Waals surface area contributed by atoms with Crippen LogP contribution in [0.1, 0.15) is 24.5 Å². The second kappa shape index (κ2) is 8.72. The number of carbonyl (C=O) groups is 1. The van der Waals surface area contributed by atoms with Gasteiger partial charge in [0.15, 0.2) is 0 Å². The average Bonchev–Trinajstić information content (AvgIpc) is 3.04. The Kier molecular flexibility index (Phi) is 6.12. The maximum atomic E-state index is 12.1. The molecule has 0 spiro atoms. The summed E-state index contributed by atoms with van der Waals surface area (Å²) in [4.78, 5) is 14.4. The van der Waals surface area contributed by atoms with Gasteiger partial charge in [-0.05, 0) is 42.2 Å². The summed E-state index contributed by atoms with van der Waals surface area (Å²) in [6.45, 7) is 4.26. The fourth-order valence-corrected chi connectivity index (χ4v) is 3.24. The predicted molar refractivity (Wildman–Crippen MR) is 104 cm³/mol. The number of benzene rings is 2. The van der Waals surface area contributed by atoms with Gasteiger partial charge in [-0.1, -0.05) is 37.3 Å². The van der Waals surface area contributed by atoms with Gasteiger partial charge < -0.3 is 14.4 Å². The van der Waals surface area contributed by atoms with E-state index in [0.29, 0.717) is 6.61 Å². The highest BCUT2D eigenvalue weighted by Crippen LogP contribution is 2.31. The first kappa shape index (κ1) is 18.3. The van der Waals surface area contributed by atoms with E-state index in [2.05, 4.69) is 40.5 Å². The molecule has 1 aliphatic rings. The van der Waals surface area contributed by atoms with Crippen LogP contribution >= 0.6 is 0 Å². The molecule has 0 radical (unpaired) electrons. The van der Waals surface area contributed by atoms with E-state index in [1.54, 1.807) is 7.11 Å². The standard InChI is InChI=1S/C21H26N2O3/c1-3-19(15-25-2)26-21(24)22-18-9-10-20-17(13-18)11-12-23(20)14-16-7-5-4-6-8-16/h4-10,13,19H,3,11-12,14-15H2,1-2H3,(H,22,24). The van der Waals surface area contributed by atoms with Crippen LogP contribution in [0.5, 0.6) is 0 Å².